The molecule has 0 fully saturated rings. The number of nitrogens with two attached hydrogens (primary N) is 2. The highest BCUT2D eigenvalue weighted by Gasteiger charge is 2.27. The van der Waals surface area contributed by atoms with Gasteiger partial charge in [0.05, 0.1) is 11.4 Å². The van der Waals surface area contributed by atoms with Gasteiger partial charge in [-0.15, -0.1) is 0 Å². The van der Waals surface area contributed by atoms with Crippen LogP contribution in [-0.2, 0) is 22.7 Å². The van der Waals surface area contributed by atoms with Crippen molar-refractivity contribution in [1.29, 1.82) is 0 Å². The molecule has 0 spiro atoms. The molecular formula is C34H50N6O2. The van der Waals surface area contributed by atoms with Gasteiger partial charge in [-0.05, 0) is 88.3 Å². The summed E-state index contributed by atoms with van der Waals surface area (Å²) in [6.07, 6.45) is 13.9. The molecule has 2 aromatic rings. The zero-order valence-electron chi connectivity index (χ0n) is 25.6. The number of rotatable bonds is 20. The van der Waals surface area contributed by atoms with E-state index in [0.717, 1.165) is 89.2 Å². The van der Waals surface area contributed by atoms with E-state index in [1.165, 1.54) is 12.2 Å². The second kappa shape index (κ2) is 18.5. The van der Waals surface area contributed by atoms with Gasteiger partial charge >= 0.3 is 0 Å². The summed E-state index contributed by atoms with van der Waals surface area (Å²) in [5.41, 5.74) is 15.7. The third kappa shape index (κ3) is 11.3. The number of carbonyl (C=O) groups is 2. The predicted molar refractivity (Wildman–Crippen MR) is 169 cm³/mol. The van der Waals surface area contributed by atoms with Gasteiger partial charge in [0.2, 0.25) is 0 Å². The van der Waals surface area contributed by atoms with E-state index in [1.54, 1.807) is 0 Å². The van der Waals surface area contributed by atoms with Crippen LogP contribution in [0.4, 0.5) is 0 Å². The fraction of sp³-hybridized carbons (Fsp3) is 0.529. The van der Waals surface area contributed by atoms with Crippen LogP contribution in [0, 0.1) is 0 Å². The van der Waals surface area contributed by atoms with Gasteiger partial charge in [0, 0.05) is 48.7 Å². The first-order chi connectivity index (χ1) is 20.4. The minimum Gasteiger partial charge on any atom is -0.324 e. The molecule has 2 unspecified atom stereocenters. The molecule has 0 aromatic carbocycles. The van der Waals surface area contributed by atoms with Crippen LogP contribution in [0.3, 0.4) is 0 Å². The standard InChI is InChI=1S/C34H50N6O2/c1-3-39(25-27-15-9-11-19-37-27)21-13-5-7-17-31(35)29-23-34(42)30(24-33(29)41)32(36)18-8-6-14-22-40(4-2)26-28-16-10-12-20-38-28/h9-12,15-16,19-20,23-24,31-32H,3-8,13-14,17-18,21-22,25-26,35-36H2,1-2H3. The van der Waals surface area contributed by atoms with Gasteiger partial charge < -0.3 is 11.5 Å². The molecule has 42 heavy (non-hydrogen) atoms. The van der Waals surface area contributed by atoms with E-state index in [1.807, 2.05) is 36.7 Å². The summed E-state index contributed by atoms with van der Waals surface area (Å²) in [5, 5.41) is 0. The molecule has 2 aromatic heterocycles. The maximum Gasteiger partial charge on any atom is 0.184 e. The number of pyridine rings is 2. The Morgan fingerprint density at radius 1 is 0.643 bits per heavy atom. The lowest BCUT2D eigenvalue weighted by atomic mass is 9.86. The highest BCUT2D eigenvalue weighted by molar-refractivity contribution is 6.20. The largest absolute Gasteiger partial charge is 0.324 e. The molecule has 2 heterocycles. The molecule has 4 N–H and O–H groups in total. The van der Waals surface area contributed by atoms with Gasteiger partial charge in [0.1, 0.15) is 0 Å². The quantitative estimate of drug-likeness (QED) is 0.174. The van der Waals surface area contributed by atoms with Crippen LogP contribution in [-0.4, -0.2) is 69.6 Å². The maximum absolute atomic E-state index is 12.9. The van der Waals surface area contributed by atoms with Crippen molar-refractivity contribution in [1.82, 2.24) is 19.8 Å². The molecule has 0 saturated heterocycles. The summed E-state index contributed by atoms with van der Waals surface area (Å²) >= 11 is 0. The van der Waals surface area contributed by atoms with Crippen molar-refractivity contribution in [3.05, 3.63) is 83.5 Å². The summed E-state index contributed by atoms with van der Waals surface area (Å²) in [4.78, 5) is 39.3. The molecule has 0 saturated carbocycles. The van der Waals surface area contributed by atoms with Gasteiger partial charge in [-0.2, -0.15) is 0 Å². The van der Waals surface area contributed by atoms with Crippen LogP contribution in [0.5, 0.6) is 0 Å². The topological polar surface area (TPSA) is 118 Å². The smallest absolute Gasteiger partial charge is 0.184 e. The number of nitrogens with zero attached hydrogens (tertiary/aromatic N) is 4. The van der Waals surface area contributed by atoms with Crippen LogP contribution in [0.15, 0.2) is 72.1 Å². The first kappa shape index (κ1) is 33.5. The Morgan fingerprint density at radius 2 is 1.07 bits per heavy atom. The number of carbonyl (C=O) groups excluding carboxylic acids is 2. The fourth-order valence-corrected chi connectivity index (χ4v) is 5.37. The summed E-state index contributed by atoms with van der Waals surface area (Å²) in [5.74, 6) is -0.346. The van der Waals surface area contributed by atoms with Crippen molar-refractivity contribution in [2.45, 2.75) is 90.4 Å². The van der Waals surface area contributed by atoms with Crippen molar-refractivity contribution in [3.8, 4) is 0 Å². The monoisotopic (exact) mass is 574 g/mol. The van der Waals surface area contributed by atoms with Crippen LogP contribution < -0.4 is 11.5 Å². The molecule has 2 atom stereocenters. The lowest BCUT2D eigenvalue weighted by molar-refractivity contribution is -0.115. The van der Waals surface area contributed by atoms with E-state index in [-0.39, 0.29) is 11.6 Å². The highest BCUT2D eigenvalue weighted by atomic mass is 16.1. The highest BCUT2D eigenvalue weighted by Crippen LogP contribution is 2.21. The normalized spacial score (nSPS) is 15.2. The van der Waals surface area contributed by atoms with E-state index < -0.39 is 12.1 Å². The Bertz CT molecular complexity index is 1060. The summed E-state index contributed by atoms with van der Waals surface area (Å²) < 4.78 is 0. The van der Waals surface area contributed by atoms with Crippen LogP contribution >= 0.6 is 0 Å². The zero-order valence-corrected chi connectivity index (χ0v) is 25.6. The number of unbranched alkanes of at least 4 members (excludes halogenated alkanes) is 4. The Balaban J connectivity index is 1.33. The Hall–Kier alpha value is -3.04. The molecule has 8 nitrogen and oxygen atoms in total. The third-order valence-corrected chi connectivity index (χ3v) is 8.04. The van der Waals surface area contributed by atoms with Crippen molar-refractivity contribution in [3.63, 3.8) is 0 Å². The van der Waals surface area contributed by atoms with Gasteiger partial charge in [-0.3, -0.25) is 29.4 Å². The van der Waals surface area contributed by atoms with E-state index in [2.05, 4.69) is 45.7 Å². The minimum atomic E-state index is -0.432. The van der Waals surface area contributed by atoms with Crippen molar-refractivity contribution in [2.75, 3.05) is 26.2 Å². The van der Waals surface area contributed by atoms with Gasteiger partial charge in [-0.1, -0.05) is 51.7 Å². The van der Waals surface area contributed by atoms with Crippen molar-refractivity contribution < 1.29 is 9.59 Å². The minimum absolute atomic E-state index is 0.173. The van der Waals surface area contributed by atoms with Gasteiger partial charge in [0.15, 0.2) is 11.6 Å². The molecule has 8 heteroatoms. The molecule has 3 rings (SSSR count). The zero-order chi connectivity index (χ0) is 30.2. The molecule has 1 aliphatic rings. The lowest BCUT2D eigenvalue weighted by Crippen LogP contribution is -2.34. The predicted octanol–water partition coefficient (Wildman–Crippen LogP) is 4.60. The number of allylic oxidation sites excluding steroid dienone is 2. The second-order valence-electron chi connectivity index (χ2n) is 11.2. The van der Waals surface area contributed by atoms with E-state index in [0.29, 0.717) is 24.0 Å². The molecule has 0 radical (unpaired) electrons. The van der Waals surface area contributed by atoms with Crippen LogP contribution in [0.1, 0.15) is 76.6 Å². The van der Waals surface area contributed by atoms with E-state index >= 15 is 0 Å². The molecule has 228 valence electrons. The first-order valence-electron chi connectivity index (χ1n) is 15.7. The Kier molecular flexibility index (Phi) is 14.7. The average Bonchev–Trinajstić information content (AvgIpc) is 3.01. The Labute approximate surface area is 252 Å². The molecule has 0 bridgehead atoms. The number of aromatic nitrogens is 2. The summed E-state index contributed by atoms with van der Waals surface area (Å²) in [6, 6.07) is 11.1. The SMILES string of the molecule is CCN(CCCCCC(N)C1=CC(=O)C(C(N)CCCCCN(CC)Cc2ccccn2)=CC1=O)Cc1ccccn1. The van der Waals surface area contributed by atoms with Crippen molar-refractivity contribution >= 4 is 11.6 Å². The number of hydrogen-bond acceptors (Lipinski definition) is 8. The van der Waals surface area contributed by atoms with Gasteiger partial charge in [0.25, 0.3) is 0 Å². The fourth-order valence-electron chi connectivity index (χ4n) is 5.37. The second-order valence-corrected chi connectivity index (χ2v) is 11.2. The van der Waals surface area contributed by atoms with Crippen LogP contribution in [0.2, 0.25) is 0 Å². The summed E-state index contributed by atoms with van der Waals surface area (Å²) in [7, 11) is 0. The van der Waals surface area contributed by atoms with Crippen molar-refractivity contribution in [2.24, 2.45) is 11.5 Å². The molecule has 0 amide bonds. The van der Waals surface area contributed by atoms with Crippen LogP contribution in [0.25, 0.3) is 0 Å². The summed E-state index contributed by atoms with van der Waals surface area (Å²) in [6.45, 7) is 9.96. The van der Waals surface area contributed by atoms with E-state index in [9.17, 15) is 9.59 Å². The Morgan fingerprint density at radius 3 is 1.43 bits per heavy atom. The molecule has 1 aliphatic carbocycles. The molecular weight excluding hydrogens is 524 g/mol. The van der Waals surface area contributed by atoms with Gasteiger partial charge in [-0.25, -0.2) is 0 Å². The average molecular weight is 575 g/mol. The number of ketones is 2. The molecule has 0 aliphatic heterocycles. The van der Waals surface area contributed by atoms with E-state index in [4.69, 9.17) is 11.5 Å². The third-order valence-electron chi connectivity index (χ3n) is 8.04. The first-order valence-corrected chi connectivity index (χ1v) is 15.7. The maximum atomic E-state index is 12.9. The number of hydrogen-bond donors (Lipinski definition) is 2. The lowest BCUT2D eigenvalue weighted by Gasteiger charge is -2.22.